The van der Waals surface area contributed by atoms with E-state index in [1.807, 2.05) is 0 Å². The summed E-state index contributed by atoms with van der Waals surface area (Å²) in [4.78, 5) is 20.6. The molecule has 0 spiro atoms. The summed E-state index contributed by atoms with van der Waals surface area (Å²) in [5.41, 5.74) is 0.175. The van der Waals surface area contributed by atoms with E-state index in [9.17, 15) is 9.59 Å². The summed E-state index contributed by atoms with van der Waals surface area (Å²) in [5, 5.41) is 16.5. The van der Waals surface area contributed by atoms with Crippen molar-refractivity contribution in [3.05, 3.63) is 48.0 Å². The molecule has 1 N–H and O–H groups in total. The Labute approximate surface area is 105 Å². The van der Waals surface area contributed by atoms with Crippen molar-refractivity contribution >= 4 is 11.9 Å². The van der Waals surface area contributed by atoms with Crippen LogP contribution in [0.25, 0.3) is 0 Å². The molecule has 0 amide bonds. The molecule has 0 aliphatic rings. The van der Waals surface area contributed by atoms with Crippen LogP contribution in [-0.2, 0) is 9.53 Å². The van der Waals surface area contributed by atoms with Gasteiger partial charge in [0.05, 0.1) is 12.2 Å². The average Bonchev–Trinajstić information content (AvgIpc) is 2.39. The molecule has 0 aromatic heterocycles. The highest BCUT2D eigenvalue weighted by Gasteiger charge is 2.03. The molecule has 0 saturated carbocycles. The summed E-state index contributed by atoms with van der Waals surface area (Å²) >= 11 is 0. The summed E-state index contributed by atoms with van der Waals surface area (Å²) in [6.45, 7) is 5.10. The molecule has 5 nitrogen and oxygen atoms in total. The molecule has 94 valence electrons. The third-order valence-electron chi connectivity index (χ3n) is 1.68. The van der Waals surface area contributed by atoms with Crippen molar-refractivity contribution < 1.29 is 19.4 Å². The fraction of sp³-hybridized carbons (Fsp3) is 0.154. The maximum absolute atomic E-state index is 10.4. The van der Waals surface area contributed by atoms with Crippen molar-refractivity contribution in [1.82, 2.24) is 0 Å². The normalized spacial score (nSPS) is 8.22. The van der Waals surface area contributed by atoms with Gasteiger partial charge in [0.2, 0.25) is 0 Å². The van der Waals surface area contributed by atoms with Gasteiger partial charge in [0.25, 0.3) is 0 Å². The molecular weight excluding hydrogens is 234 g/mol. The Bertz CT molecular complexity index is 460. The number of hydrogen-bond donors (Lipinski definition) is 1. The van der Waals surface area contributed by atoms with E-state index >= 15 is 0 Å². The average molecular weight is 247 g/mol. The minimum Gasteiger partial charge on any atom is -0.478 e. The molecule has 0 aliphatic carbocycles. The predicted octanol–water partition coefficient (Wildman–Crippen LogP) is 2.01. The van der Waals surface area contributed by atoms with Gasteiger partial charge in [-0.3, -0.25) is 0 Å². The first-order chi connectivity index (χ1) is 8.52. The molecule has 5 heteroatoms. The second-order valence-electron chi connectivity index (χ2n) is 2.98. The number of benzene rings is 1. The van der Waals surface area contributed by atoms with Gasteiger partial charge in [0, 0.05) is 0 Å². The van der Waals surface area contributed by atoms with Crippen LogP contribution < -0.4 is 0 Å². The van der Waals surface area contributed by atoms with Gasteiger partial charge < -0.3 is 9.84 Å². The maximum atomic E-state index is 10.4. The maximum Gasteiger partial charge on any atom is 0.348 e. The molecule has 0 radical (unpaired) electrons. The van der Waals surface area contributed by atoms with Crippen LogP contribution >= 0.6 is 0 Å². The van der Waals surface area contributed by atoms with E-state index in [-0.39, 0.29) is 12.2 Å². The third-order valence-corrected chi connectivity index (χ3v) is 1.68. The number of nitrogens with zero attached hydrogens (tertiary/aromatic N) is 1. The van der Waals surface area contributed by atoms with Crippen molar-refractivity contribution in [3.8, 4) is 6.07 Å². The Balaban J connectivity index is 0.000000321. The van der Waals surface area contributed by atoms with E-state index in [1.54, 1.807) is 43.3 Å². The van der Waals surface area contributed by atoms with E-state index in [2.05, 4.69) is 11.3 Å². The van der Waals surface area contributed by atoms with E-state index in [0.717, 1.165) is 0 Å². The number of aromatic carboxylic acids is 1. The van der Waals surface area contributed by atoms with E-state index in [0.29, 0.717) is 5.56 Å². The quantitative estimate of drug-likeness (QED) is 0.501. The standard InChI is InChI=1S/C7H6O2.C6H7NO2/c8-7(9)6-4-2-1-3-5-6;1-3-9-6(8)5(2)4-7/h1-5H,(H,8,9);2-3H2,1H3. The number of carboxylic acid groups (broad SMARTS) is 1. The third kappa shape index (κ3) is 6.08. The number of hydrogen-bond acceptors (Lipinski definition) is 4. The number of carbonyl (C=O) groups excluding carboxylic acids is 1. The topological polar surface area (TPSA) is 87.4 Å². The van der Waals surface area contributed by atoms with Crippen LogP contribution in [0.1, 0.15) is 17.3 Å². The van der Waals surface area contributed by atoms with Crippen LogP contribution in [-0.4, -0.2) is 23.7 Å². The van der Waals surface area contributed by atoms with Gasteiger partial charge in [-0.2, -0.15) is 5.26 Å². The molecule has 1 aromatic rings. The lowest BCUT2D eigenvalue weighted by atomic mass is 10.2. The summed E-state index contributed by atoms with van der Waals surface area (Å²) in [6.07, 6.45) is 0. The fourth-order valence-electron chi connectivity index (χ4n) is 0.845. The molecule has 1 aromatic carbocycles. The van der Waals surface area contributed by atoms with Gasteiger partial charge in [-0.15, -0.1) is 0 Å². The molecule has 0 fully saturated rings. The highest BCUT2D eigenvalue weighted by Crippen LogP contribution is 1.96. The number of carbonyl (C=O) groups is 2. The van der Waals surface area contributed by atoms with Crippen molar-refractivity contribution in [1.29, 1.82) is 5.26 Å². The van der Waals surface area contributed by atoms with Crippen molar-refractivity contribution in [3.63, 3.8) is 0 Å². The summed E-state index contributed by atoms with van der Waals surface area (Å²) in [7, 11) is 0. The van der Waals surface area contributed by atoms with Crippen LogP contribution in [0.4, 0.5) is 0 Å². The van der Waals surface area contributed by atoms with Gasteiger partial charge in [-0.1, -0.05) is 24.8 Å². The minimum absolute atomic E-state index is 0.156. The van der Waals surface area contributed by atoms with Gasteiger partial charge in [-0.25, -0.2) is 9.59 Å². The summed E-state index contributed by atoms with van der Waals surface area (Å²) < 4.78 is 4.43. The number of rotatable bonds is 3. The lowest BCUT2D eigenvalue weighted by Gasteiger charge is -1.95. The van der Waals surface area contributed by atoms with Crippen molar-refractivity contribution in [2.24, 2.45) is 0 Å². The van der Waals surface area contributed by atoms with Crippen LogP contribution in [0.2, 0.25) is 0 Å². The number of nitriles is 1. The lowest BCUT2D eigenvalue weighted by Crippen LogP contribution is -2.04. The molecule has 0 atom stereocenters. The molecule has 0 aliphatic heterocycles. The zero-order valence-electron chi connectivity index (χ0n) is 9.92. The van der Waals surface area contributed by atoms with Crippen LogP contribution in [0.3, 0.4) is 0 Å². The van der Waals surface area contributed by atoms with Gasteiger partial charge >= 0.3 is 11.9 Å². The monoisotopic (exact) mass is 247 g/mol. The predicted molar refractivity (Wildman–Crippen MR) is 64.8 cm³/mol. The lowest BCUT2D eigenvalue weighted by molar-refractivity contribution is -0.137. The highest BCUT2D eigenvalue weighted by atomic mass is 16.5. The number of carboxylic acids is 1. The SMILES string of the molecule is C=C(C#N)C(=O)OCC.O=C(O)c1ccccc1. The molecule has 18 heavy (non-hydrogen) atoms. The zero-order valence-corrected chi connectivity index (χ0v) is 9.92. The van der Waals surface area contributed by atoms with E-state index in [4.69, 9.17) is 10.4 Å². The highest BCUT2D eigenvalue weighted by molar-refractivity contribution is 5.91. The summed E-state index contributed by atoms with van der Waals surface area (Å²) in [5.74, 6) is -1.52. The molecule has 0 bridgehead atoms. The number of esters is 1. The van der Waals surface area contributed by atoms with Crippen LogP contribution in [0.15, 0.2) is 42.5 Å². The van der Waals surface area contributed by atoms with Gasteiger partial charge in [0.1, 0.15) is 11.6 Å². The molecule has 1 rings (SSSR count). The Hall–Kier alpha value is -2.61. The first-order valence-corrected chi connectivity index (χ1v) is 5.07. The molecular formula is C13H13NO4. The largest absolute Gasteiger partial charge is 0.478 e. The first-order valence-electron chi connectivity index (χ1n) is 5.07. The Kier molecular flexibility index (Phi) is 7.29. The fourth-order valence-corrected chi connectivity index (χ4v) is 0.845. The molecule has 0 saturated heterocycles. The summed E-state index contributed by atoms with van der Waals surface area (Å²) in [6, 6.07) is 9.88. The van der Waals surface area contributed by atoms with Crippen molar-refractivity contribution in [2.75, 3.05) is 6.61 Å². The molecule has 0 heterocycles. The van der Waals surface area contributed by atoms with E-state index < -0.39 is 11.9 Å². The first kappa shape index (κ1) is 15.4. The Morgan fingerprint density at radius 3 is 2.28 bits per heavy atom. The second-order valence-corrected chi connectivity index (χ2v) is 2.98. The van der Waals surface area contributed by atoms with Crippen LogP contribution in [0.5, 0.6) is 0 Å². The smallest absolute Gasteiger partial charge is 0.348 e. The van der Waals surface area contributed by atoms with Gasteiger partial charge in [0.15, 0.2) is 0 Å². The number of ether oxygens (including phenoxy) is 1. The second kappa shape index (κ2) is 8.53. The van der Waals surface area contributed by atoms with Crippen molar-refractivity contribution in [2.45, 2.75) is 6.92 Å². The minimum atomic E-state index is -0.879. The van der Waals surface area contributed by atoms with E-state index in [1.165, 1.54) is 0 Å². The Morgan fingerprint density at radius 1 is 1.39 bits per heavy atom. The van der Waals surface area contributed by atoms with Crippen LogP contribution in [0, 0.1) is 11.3 Å². The van der Waals surface area contributed by atoms with Gasteiger partial charge in [-0.05, 0) is 19.1 Å². The molecule has 0 unspecified atom stereocenters. The Morgan fingerprint density at radius 2 is 1.94 bits per heavy atom. The zero-order chi connectivity index (χ0) is 14.0.